The van der Waals surface area contributed by atoms with Gasteiger partial charge >= 0.3 is 12.2 Å². The highest BCUT2D eigenvalue weighted by molar-refractivity contribution is 5.76. The van der Waals surface area contributed by atoms with Gasteiger partial charge in [0.1, 0.15) is 0 Å². The molecule has 19 heavy (non-hydrogen) atoms. The zero-order valence-corrected chi connectivity index (χ0v) is 12.0. The van der Waals surface area contributed by atoms with Gasteiger partial charge in [0.15, 0.2) is 0 Å². The second-order valence-electron chi connectivity index (χ2n) is 5.52. The number of rotatable bonds is 2. The lowest BCUT2D eigenvalue weighted by Gasteiger charge is -2.35. The predicted octanol–water partition coefficient (Wildman–Crippen LogP) is 2.39. The van der Waals surface area contributed by atoms with Crippen molar-refractivity contribution in [2.24, 2.45) is 5.41 Å². The standard InChI is InChI=1S/C13H22N2O4/c1-5-18-11(16)14-9-7-8-10(13(9,3)4)15(14)12(17)19-6-2/h9-10H,5-8H2,1-4H3. The Morgan fingerprint density at radius 2 is 1.37 bits per heavy atom. The van der Waals surface area contributed by atoms with Crippen LogP contribution in [-0.4, -0.2) is 47.5 Å². The van der Waals surface area contributed by atoms with Crippen LogP contribution in [0.15, 0.2) is 0 Å². The molecule has 0 spiro atoms. The minimum absolute atomic E-state index is 0.000885. The Morgan fingerprint density at radius 3 is 1.68 bits per heavy atom. The zero-order chi connectivity index (χ0) is 14.2. The van der Waals surface area contributed by atoms with Crippen molar-refractivity contribution in [2.75, 3.05) is 13.2 Å². The molecule has 2 atom stereocenters. The molecule has 2 rings (SSSR count). The first-order valence-electron chi connectivity index (χ1n) is 6.87. The van der Waals surface area contributed by atoms with Gasteiger partial charge in [0, 0.05) is 5.41 Å². The summed E-state index contributed by atoms with van der Waals surface area (Å²) in [6.45, 7) is 8.27. The molecule has 0 aromatic rings. The van der Waals surface area contributed by atoms with E-state index in [1.807, 2.05) is 0 Å². The summed E-state index contributed by atoms with van der Waals surface area (Å²) in [5.41, 5.74) is -0.125. The fourth-order valence-corrected chi connectivity index (χ4v) is 3.27. The average molecular weight is 270 g/mol. The Kier molecular flexibility index (Phi) is 3.60. The van der Waals surface area contributed by atoms with Gasteiger partial charge < -0.3 is 9.47 Å². The van der Waals surface area contributed by atoms with E-state index in [1.54, 1.807) is 13.8 Å². The first-order valence-corrected chi connectivity index (χ1v) is 6.87. The van der Waals surface area contributed by atoms with Crippen LogP contribution < -0.4 is 0 Å². The Morgan fingerprint density at radius 1 is 1.00 bits per heavy atom. The third kappa shape index (κ3) is 2.03. The van der Waals surface area contributed by atoms with Crippen LogP contribution >= 0.6 is 0 Å². The first-order chi connectivity index (χ1) is 8.95. The summed E-state index contributed by atoms with van der Waals surface area (Å²) in [7, 11) is 0. The molecule has 2 aliphatic rings. The van der Waals surface area contributed by atoms with E-state index in [9.17, 15) is 9.59 Å². The molecule has 0 radical (unpaired) electrons. The van der Waals surface area contributed by atoms with Crippen molar-refractivity contribution < 1.29 is 19.1 Å². The van der Waals surface area contributed by atoms with Crippen LogP contribution in [-0.2, 0) is 9.47 Å². The normalized spacial score (nSPS) is 27.6. The van der Waals surface area contributed by atoms with Gasteiger partial charge in [-0.25, -0.2) is 19.6 Å². The van der Waals surface area contributed by atoms with Gasteiger partial charge in [0.05, 0.1) is 25.3 Å². The smallest absolute Gasteiger partial charge is 0.429 e. The molecular formula is C13H22N2O4. The molecule has 6 nitrogen and oxygen atoms in total. The Balaban J connectivity index is 2.27. The fraction of sp³-hybridized carbons (Fsp3) is 0.846. The highest BCUT2D eigenvalue weighted by Crippen LogP contribution is 2.51. The molecule has 1 aliphatic carbocycles. The van der Waals surface area contributed by atoms with E-state index in [1.165, 1.54) is 10.0 Å². The lowest BCUT2D eigenvalue weighted by Crippen LogP contribution is -2.53. The summed E-state index contributed by atoms with van der Waals surface area (Å²) < 4.78 is 10.1. The number of hydrogen-bond donors (Lipinski definition) is 0. The second-order valence-corrected chi connectivity index (χ2v) is 5.52. The maximum absolute atomic E-state index is 12.1. The first kappa shape index (κ1) is 14.0. The number of carbonyl (C=O) groups is 2. The molecule has 2 unspecified atom stereocenters. The highest BCUT2D eigenvalue weighted by Gasteiger charge is 2.61. The van der Waals surface area contributed by atoms with E-state index in [4.69, 9.17) is 9.47 Å². The maximum Gasteiger partial charge on any atom is 0.429 e. The van der Waals surface area contributed by atoms with Gasteiger partial charge in [-0.3, -0.25) is 0 Å². The molecule has 1 saturated carbocycles. The van der Waals surface area contributed by atoms with Gasteiger partial charge in [-0.05, 0) is 26.7 Å². The molecular weight excluding hydrogens is 248 g/mol. The SMILES string of the molecule is CCOC(=O)N1C2CCC(N1C(=O)OCC)C2(C)C. The molecule has 1 heterocycles. The van der Waals surface area contributed by atoms with Gasteiger partial charge in [0.2, 0.25) is 0 Å². The van der Waals surface area contributed by atoms with Crippen LogP contribution in [0.5, 0.6) is 0 Å². The predicted molar refractivity (Wildman–Crippen MR) is 68.3 cm³/mol. The van der Waals surface area contributed by atoms with Gasteiger partial charge in [0.25, 0.3) is 0 Å². The topological polar surface area (TPSA) is 59.1 Å². The summed E-state index contributed by atoms with van der Waals surface area (Å²) in [5.74, 6) is 0. The molecule has 6 heteroatoms. The van der Waals surface area contributed by atoms with Gasteiger partial charge in [-0.1, -0.05) is 13.8 Å². The second kappa shape index (κ2) is 4.90. The quantitative estimate of drug-likeness (QED) is 0.773. The lowest BCUT2D eigenvalue weighted by molar-refractivity contribution is -0.0378. The van der Waals surface area contributed by atoms with Crippen LogP contribution in [0.2, 0.25) is 0 Å². The zero-order valence-electron chi connectivity index (χ0n) is 12.0. The van der Waals surface area contributed by atoms with Crippen LogP contribution in [0.1, 0.15) is 40.5 Å². The van der Waals surface area contributed by atoms with Crippen molar-refractivity contribution in [1.29, 1.82) is 0 Å². The van der Waals surface area contributed by atoms with Gasteiger partial charge in [-0.15, -0.1) is 0 Å². The molecule has 1 aliphatic heterocycles. The van der Waals surface area contributed by atoms with Crippen LogP contribution in [0.4, 0.5) is 9.59 Å². The number of fused-ring (bicyclic) bond motifs is 2. The molecule has 1 saturated heterocycles. The van der Waals surface area contributed by atoms with Crippen LogP contribution in [0, 0.1) is 5.41 Å². The molecule has 108 valence electrons. The Bertz CT molecular complexity index is 349. The Hall–Kier alpha value is -1.46. The third-order valence-electron chi connectivity index (χ3n) is 4.16. The number of carbonyl (C=O) groups excluding carboxylic acids is 2. The van der Waals surface area contributed by atoms with Crippen LogP contribution in [0.25, 0.3) is 0 Å². The van der Waals surface area contributed by atoms with E-state index in [2.05, 4.69) is 13.8 Å². The van der Waals surface area contributed by atoms with Crippen molar-refractivity contribution in [3.63, 3.8) is 0 Å². The summed E-state index contributed by atoms with van der Waals surface area (Å²) >= 11 is 0. The van der Waals surface area contributed by atoms with Crippen molar-refractivity contribution >= 4 is 12.2 Å². The summed E-state index contributed by atoms with van der Waals surface area (Å²) in [6.07, 6.45) is 0.866. The third-order valence-corrected chi connectivity index (χ3v) is 4.16. The van der Waals surface area contributed by atoms with E-state index >= 15 is 0 Å². The molecule has 0 aromatic carbocycles. The number of ether oxygens (including phenoxy) is 2. The minimum atomic E-state index is -0.462. The van der Waals surface area contributed by atoms with Crippen molar-refractivity contribution in [1.82, 2.24) is 10.0 Å². The molecule has 2 fully saturated rings. The largest absolute Gasteiger partial charge is 0.448 e. The number of amides is 2. The monoisotopic (exact) mass is 270 g/mol. The van der Waals surface area contributed by atoms with Crippen LogP contribution in [0.3, 0.4) is 0 Å². The summed E-state index contributed by atoms with van der Waals surface area (Å²) in [6, 6.07) is 0.00177. The lowest BCUT2D eigenvalue weighted by atomic mass is 9.85. The molecule has 0 N–H and O–H groups in total. The van der Waals surface area contributed by atoms with E-state index < -0.39 is 12.2 Å². The van der Waals surface area contributed by atoms with Gasteiger partial charge in [-0.2, -0.15) is 0 Å². The van der Waals surface area contributed by atoms with E-state index in [0.717, 1.165) is 12.8 Å². The fourth-order valence-electron chi connectivity index (χ4n) is 3.27. The number of hydrogen-bond acceptors (Lipinski definition) is 4. The van der Waals surface area contributed by atoms with Crippen molar-refractivity contribution in [2.45, 2.75) is 52.6 Å². The highest BCUT2D eigenvalue weighted by atomic mass is 16.6. The van der Waals surface area contributed by atoms with Crippen molar-refractivity contribution in [3.8, 4) is 0 Å². The molecule has 2 amide bonds. The molecule has 2 bridgehead atoms. The maximum atomic E-state index is 12.1. The van der Waals surface area contributed by atoms with E-state index in [-0.39, 0.29) is 17.5 Å². The minimum Gasteiger partial charge on any atom is -0.448 e. The molecule has 0 aromatic heterocycles. The number of hydrazine groups is 1. The number of nitrogens with zero attached hydrogens (tertiary/aromatic N) is 2. The average Bonchev–Trinajstić information content (AvgIpc) is 2.76. The van der Waals surface area contributed by atoms with E-state index in [0.29, 0.717) is 13.2 Å². The Labute approximate surface area is 113 Å². The summed E-state index contributed by atoms with van der Waals surface area (Å²) in [4.78, 5) is 24.2. The van der Waals surface area contributed by atoms with Crippen molar-refractivity contribution in [3.05, 3.63) is 0 Å². The summed E-state index contributed by atoms with van der Waals surface area (Å²) in [5, 5.41) is 2.91.